The number of hydrogen-bond acceptors (Lipinski definition) is 6. The van der Waals surface area contributed by atoms with Crippen LogP contribution in [-0.4, -0.2) is 39.2 Å². The number of esters is 1. The number of carbonyl (C=O) groups excluding carboxylic acids is 1. The van der Waals surface area contributed by atoms with E-state index in [4.69, 9.17) is 0 Å². The molecule has 172 valence electrons. The summed E-state index contributed by atoms with van der Waals surface area (Å²) in [6.07, 6.45) is -11.9. The average molecular weight is 486 g/mol. The van der Waals surface area contributed by atoms with E-state index in [1.54, 1.807) is 0 Å². The van der Waals surface area contributed by atoms with Gasteiger partial charge >= 0.3 is 24.2 Å². The minimum Gasteiger partial charge on any atom is -0.465 e. The van der Waals surface area contributed by atoms with Gasteiger partial charge in [-0.1, -0.05) is 23.5 Å². The smallest absolute Gasteiger partial charge is 0.459 e. The summed E-state index contributed by atoms with van der Waals surface area (Å²) in [5, 5.41) is 9.39. The Bertz CT molecular complexity index is 1170. The predicted molar refractivity (Wildman–Crippen MR) is 93.8 cm³/mol. The molecule has 0 fully saturated rings. The number of ether oxygens (including phenoxy) is 1. The fraction of sp³-hybridized carbons (Fsp3) is 0.294. The van der Waals surface area contributed by atoms with Crippen molar-refractivity contribution in [1.29, 1.82) is 0 Å². The van der Waals surface area contributed by atoms with Crippen LogP contribution in [0, 0.1) is 0 Å². The third-order valence-electron chi connectivity index (χ3n) is 4.14. The summed E-state index contributed by atoms with van der Waals surface area (Å²) in [7, 11) is 1.91. The summed E-state index contributed by atoms with van der Waals surface area (Å²) in [4.78, 5) is 11.6. The van der Waals surface area contributed by atoms with Crippen LogP contribution in [0.15, 0.2) is 24.3 Å². The maximum Gasteiger partial charge on any atom is 0.459 e. The molecule has 15 heteroatoms. The highest BCUT2D eigenvalue weighted by atomic mass is 32.1. The Morgan fingerprint density at radius 3 is 2.22 bits per heavy atom. The van der Waals surface area contributed by atoms with Crippen molar-refractivity contribution in [2.75, 3.05) is 7.11 Å². The monoisotopic (exact) mass is 486 g/mol. The predicted octanol–water partition coefficient (Wildman–Crippen LogP) is 5.07. The average Bonchev–Trinajstić information content (AvgIpc) is 3.30. The van der Waals surface area contributed by atoms with E-state index in [2.05, 4.69) is 20.0 Å². The largest absolute Gasteiger partial charge is 0.465 e. The van der Waals surface area contributed by atoms with Crippen molar-refractivity contribution in [3.63, 3.8) is 0 Å². The highest BCUT2D eigenvalue weighted by Crippen LogP contribution is 2.50. The summed E-state index contributed by atoms with van der Waals surface area (Å²) in [6, 6.07) is 5.56. The lowest BCUT2D eigenvalue weighted by atomic mass is 10.1. The second-order valence-corrected chi connectivity index (χ2v) is 7.23. The van der Waals surface area contributed by atoms with Crippen molar-refractivity contribution >= 4 is 17.3 Å². The van der Waals surface area contributed by atoms with Crippen molar-refractivity contribution in [2.45, 2.75) is 18.3 Å². The SMILES string of the molecule is COC(=O)c1cccc(-c2nnc(-c3c(C(F)(F)F)c(C(F)(F)C(F)(F)F)nn3C)s2)c1. The van der Waals surface area contributed by atoms with E-state index < -0.39 is 46.2 Å². The molecule has 0 atom stereocenters. The molecule has 1 aromatic carbocycles. The van der Waals surface area contributed by atoms with Gasteiger partial charge in [-0.2, -0.15) is 40.2 Å². The van der Waals surface area contributed by atoms with Gasteiger partial charge in [0, 0.05) is 12.6 Å². The first-order chi connectivity index (χ1) is 14.7. The molecule has 2 aromatic heterocycles. The zero-order chi connectivity index (χ0) is 24.1. The van der Waals surface area contributed by atoms with Crippen LogP contribution in [0.3, 0.4) is 0 Å². The molecule has 0 aliphatic heterocycles. The van der Waals surface area contributed by atoms with Gasteiger partial charge in [-0.3, -0.25) is 4.68 Å². The molecular formula is C17H10F8N4O2S. The van der Waals surface area contributed by atoms with Crippen molar-refractivity contribution in [3.8, 4) is 21.3 Å². The summed E-state index contributed by atoms with van der Waals surface area (Å²) in [5.41, 5.74) is -5.55. The molecule has 0 N–H and O–H groups in total. The summed E-state index contributed by atoms with van der Waals surface area (Å²) in [5.74, 6) is -6.57. The van der Waals surface area contributed by atoms with Gasteiger partial charge in [0.2, 0.25) is 0 Å². The lowest BCUT2D eigenvalue weighted by Gasteiger charge is -2.19. The Balaban J connectivity index is 2.17. The van der Waals surface area contributed by atoms with Crippen molar-refractivity contribution in [2.24, 2.45) is 7.05 Å². The Labute approximate surface area is 177 Å². The van der Waals surface area contributed by atoms with E-state index in [1.807, 2.05) is 0 Å². The highest BCUT2D eigenvalue weighted by molar-refractivity contribution is 7.17. The maximum atomic E-state index is 13.8. The van der Waals surface area contributed by atoms with Crippen molar-refractivity contribution in [3.05, 3.63) is 41.1 Å². The summed E-state index contributed by atoms with van der Waals surface area (Å²) >= 11 is 0.482. The lowest BCUT2D eigenvalue weighted by molar-refractivity contribution is -0.292. The fourth-order valence-electron chi connectivity index (χ4n) is 2.72. The first-order valence-electron chi connectivity index (χ1n) is 8.30. The van der Waals surface area contributed by atoms with Crippen molar-refractivity contribution in [1.82, 2.24) is 20.0 Å². The number of halogens is 8. The van der Waals surface area contributed by atoms with Crippen LogP contribution >= 0.6 is 11.3 Å². The zero-order valence-corrected chi connectivity index (χ0v) is 16.7. The van der Waals surface area contributed by atoms with Crippen LogP contribution in [0.4, 0.5) is 35.1 Å². The highest BCUT2D eigenvalue weighted by Gasteiger charge is 2.64. The van der Waals surface area contributed by atoms with Gasteiger partial charge in [-0.25, -0.2) is 4.79 Å². The molecule has 0 radical (unpaired) electrons. The molecule has 0 saturated heterocycles. The van der Waals surface area contributed by atoms with Gasteiger partial charge in [0.1, 0.15) is 16.3 Å². The van der Waals surface area contributed by atoms with Gasteiger partial charge in [0.25, 0.3) is 0 Å². The second-order valence-electron chi connectivity index (χ2n) is 6.25. The third kappa shape index (κ3) is 4.03. The van der Waals surface area contributed by atoms with E-state index in [9.17, 15) is 39.9 Å². The maximum absolute atomic E-state index is 13.8. The first-order valence-corrected chi connectivity index (χ1v) is 9.12. The van der Waals surface area contributed by atoms with E-state index in [0.29, 0.717) is 11.3 Å². The van der Waals surface area contributed by atoms with E-state index >= 15 is 0 Å². The van der Waals surface area contributed by atoms with Crippen LogP contribution in [-0.2, 0) is 23.9 Å². The number of nitrogens with zero attached hydrogens (tertiary/aromatic N) is 4. The number of hydrogen-bond donors (Lipinski definition) is 0. The van der Waals surface area contributed by atoms with Crippen LogP contribution < -0.4 is 0 Å². The van der Waals surface area contributed by atoms with Gasteiger partial charge in [-0.05, 0) is 12.1 Å². The lowest BCUT2D eigenvalue weighted by Crippen LogP contribution is -2.36. The molecule has 0 amide bonds. The number of alkyl halides is 8. The van der Waals surface area contributed by atoms with Crippen LogP contribution in [0.25, 0.3) is 21.3 Å². The summed E-state index contributed by atoms with van der Waals surface area (Å²) < 4.78 is 111. The molecule has 0 bridgehead atoms. The molecule has 0 saturated carbocycles. The zero-order valence-electron chi connectivity index (χ0n) is 15.8. The van der Waals surface area contributed by atoms with Crippen molar-refractivity contribution < 1.29 is 44.7 Å². The Morgan fingerprint density at radius 2 is 1.66 bits per heavy atom. The Kier molecular flexibility index (Phi) is 5.74. The van der Waals surface area contributed by atoms with Crippen LogP contribution in [0.5, 0.6) is 0 Å². The first kappa shape index (κ1) is 23.6. The molecule has 3 aromatic rings. The molecule has 6 nitrogen and oxygen atoms in total. The second kappa shape index (κ2) is 7.79. The molecule has 32 heavy (non-hydrogen) atoms. The number of carbonyl (C=O) groups is 1. The molecule has 0 unspecified atom stereocenters. The number of aryl methyl sites for hydroxylation is 1. The number of rotatable bonds is 4. The molecule has 0 spiro atoms. The molecule has 0 aliphatic rings. The van der Waals surface area contributed by atoms with E-state index in [-0.39, 0.29) is 20.8 Å². The molecule has 0 aliphatic carbocycles. The molecule has 2 heterocycles. The third-order valence-corrected chi connectivity index (χ3v) is 5.12. The molecular weight excluding hydrogens is 476 g/mol. The van der Waals surface area contributed by atoms with Crippen LogP contribution in [0.2, 0.25) is 0 Å². The quantitative estimate of drug-likeness (QED) is 0.381. The standard InChI is InChI=1S/C17H10F8N4O2S/c1-29-10(9(16(20,21)22)11(28-29)15(18,19)17(23,24)25)13-27-26-12(32-13)7-4-3-5-8(6-7)14(30)31-2/h3-6H,1-2H3. The minimum atomic E-state index is -6.31. The minimum absolute atomic E-state index is 0.0239. The molecule has 3 rings (SSSR count). The number of benzene rings is 1. The van der Waals surface area contributed by atoms with E-state index in [1.165, 1.54) is 24.3 Å². The Hall–Kier alpha value is -3.10. The van der Waals surface area contributed by atoms with Gasteiger partial charge in [-0.15, -0.1) is 10.2 Å². The summed E-state index contributed by atoms with van der Waals surface area (Å²) in [6.45, 7) is 0. The topological polar surface area (TPSA) is 69.9 Å². The Morgan fingerprint density at radius 1 is 1.03 bits per heavy atom. The van der Waals surface area contributed by atoms with Crippen LogP contribution in [0.1, 0.15) is 21.6 Å². The number of aromatic nitrogens is 4. The van der Waals surface area contributed by atoms with Gasteiger partial charge in [0.05, 0.1) is 12.7 Å². The normalized spacial score (nSPS) is 12.8. The van der Waals surface area contributed by atoms with Gasteiger partial charge in [0.15, 0.2) is 10.7 Å². The van der Waals surface area contributed by atoms with Gasteiger partial charge < -0.3 is 4.74 Å². The fourth-order valence-corrected chi connectivity index (χ4v) is 3.65. The van der Waals surface area contributed by atoms with E-state index in [0.717, 1.165) is 14.2 Å². The number of methoxy groups -OCH3 is 1.